The molecule has 0 rings (SSSR count). The highest BCUT2D eigenvalue weighted by Crippen LogP contribution is 2.17. The second-order valence-corrected chi connectivity index (χ2v) is 22.3. The molecule has 0 aromatic rings. The average molecular weight is 1100 g/mol. The lowest BCUT2D eigenvalue weighted by Gasteiger charge is -2.18. The predicted octanol–water partition coefficient (Wildman–Crippen LogP) is 23.2. The highest BCUT2D eigenvalue weighted by atomic mass is 16.6. The van der Waals surface area contributed by atoms with Gasteiger partial charge in [-0.1, -0.05) is 291 Å². The van der Waals surface area contributed by atoms with Crippen molar-refractivity contribution in [3.05, 3.63) is 97.2 Å². The fourth-order valence-electron chi connectivity index (χ4n) is 9.48. The van der Waals surface area contributed by atoms with Crippen molar-refractivity contribution >= 4 is 17.9 Å². The van der Waals surface area contributed by atoms with E-state index in [1.807, 2.05) is 0 Å². The van der Waals surface area contributed by atoms with Gasteiger partial charge in [0.25, 0.3) is 0 Å². The minimum Gasteiger partial charge on any atom is -0.462 e. The largest absolute Gasteiger partial charge is 0.462 e. The Hall–Kier alpha value is -3.67. The van der Waals surface area contributed by atoms with E-state index < -0.39 is 6.10 Å². The van der Waals surface area contributed by atoms with Gasteiger partial charge in [-0.3, -0.25) is 14.4 Å². The number of ether oxygens (including phenoxy) is 3. The van der Waals surface area contributed by atoms with E-state index >= 15 is 0 Å². The molecular formula is C73H126O6. The average Bonchev–Trinajstić information content (AvgIpc) is 3.45. The van der Waals surface area contributed by atoms with E-state index in [1.165, 1.54) is 173 Å². The first-order valence-electron chi connectivity index (χ1n) is 33.7. The molecule has 454 valence electrons. The summed E-state index contributed by atoms with van der Waals surface area (Å²) >= 11 is 0. The molecule has 0 N–H and O–H groups in total. The first-order chi connectivity index (χ1) is 39.0. The van der Waals surface area contributed by atoms with Crippen LogP contribution in [0.3, 0.4) is 0 Å². The van der Waals surface area contributed by atoms with Crippen LogP contribution in [0, 0.1) is 0 Å². The van der Waals surface area contributed by atoms with Gasteiger partial charge in [0.1, 0.15) is 13.2 Å². The van der Waals surface area contributed by atoms with Gasteiger partial charge >= 0.3 is 17.9 Å². The number of hydrogen-bond donors (Lipinski definition) is 0. The van der Waals surface area contributed by atoms with Crippen LogP contribution >= 0.6 is 0 Å². The van der Waals surface area contributed by atoms with Crippen LogP contribution in [0.5, 0.6) is 0 Å². The summed E-state index contributed by atoms with van der Waals surface area (Å²) in [5, 5.41) is 0. The van der Waals surface area contributed by atoms with Crippen LogP contribution in [0.25, 0.3) is 0 Å². The summed E-state index contributed by atoms with van der Waals surface area (Å²) in [6.07, 6.45) is 90.1. The van der Waals surface area contributed by atoms with Gasteiger partial charge in [0.15, 0.2) is 6.10 Å². The third-order valence-corrected chi connectivity index (χ3v) is 14.5. The summed E-state index contributed by atoms with van der Waals surface area (Å²) in [6.45, 7) is 6.47. The zero-order chi connectivity index (χ0) is 57.1. The highest BCUT2D eigenvalue weighted by molar-refractivity contribution is 5.71. The molecule has 0 heterocycles. The van der Waals surface area contributed by atoms with Crippen molar-refractivity contribution in [3.8, 4) is 0 Å². The van der Waals surface area contributed by atoms with Crippen molar-refractivity contribution in [1.82, 2.24) is 0 Å². The fourth-order valence-corrected chi connectivity index (χ4v) is 9.48. The van der Waals surface area contributed by atoms with Crippen LogP contribution in [0.4, 0.5) is 0 Å². The smallest absolute Gasteiger partial charge is 0.306 e. The SMILES string of the molecule is CC/C=C\C/C=C\C/C=C\C/C=C\CCCCCCCCCCCCCCCCCCCCC(=O)OCC(COC(=O)CCCCCCC/C=C\CCCC)OC(=O)CCCCCCCC/C=C\C/C=C\C/C=C\CCCCC. The molecule has 0 aliphatic heterocycles. The van der Waals surface area contributed by atoms with Crippen molar-refractivity contribution in [2.75, 3.05) is 13.2 Å². The van der Waals surface area contributed by atoms with Gasteiger partial charge in [-0.25, -0.2) is 0 Å². The number of carbonyl (C=O) groups excluding carboxylic acids is 3. The van der Waals surface area contributed by atoms with E-state index in [0.29, 0.717) is 19.3 Å². The Bertz CT molecular complexity index is 1540. The van der Waals surface area contributed by atoms with Crippen LogP contribution < -0.4 is 0 Å². The van der Waals surface area contributed by atoms with E-state index in [-0.39, 0.29) is 31.1 Å². The van der Waals surface area contributed by atoms with Crippen molar-refractivity contribution in [2.45, 2.75) is 335 Å². The Labute approximate surface area is 489 Å². The molecule has 0 aromatic heterocycles. The fraction of sp³-hybridized carbons (Fsp3) is 0.740. The molecule has 6 nitrogen and oxygen atoms in total. The van der Waals surface area contributed by atoms with Crippen molar-refractivity contribution < 1.29 is 28.6 Å². The second kappa shape index (κ2) is 66.8. The van der Waals surface area contributed by atoms with Crippen LogP contribution in [0.1, 0.15) is 329 Å². The van der Waals surface area contributed by atoms with Gasteiger partial charge in [-0.05, 0) is 116 Å². The molecule has 1 unspecified atom stereocenters. The number of unbranched alkanes of at least 4 members (excludes halogenated alkanes) is 34. The first kappa shape index (κ1) is 75.3. The Morgan fingerprint density at radius 3 is 0.823 bits per heavy atom. The van der Waals surface area contributed by atoms with E-state index in [1.54, 1.807) is 0 Å². The second-order valence-electron chi connectivity index (χ2n) is 22.3. The monoisotopic (exact) mass is 1100 g/mol. The van der Waals surface area contributed by atoms with Crippen LogP contribution in [-0.4, -0.2) is 37.2 Å². The summed E-state index contributed by atoms with van der Waals surface area (Å²) < 4.78 is 16.9. The van der Waals surface area contributed by atoms with Crippen molar-refractivity contribution in [3.63, 3.8) is 0 Å². The first-order valence-corrected chi connectivity index (χ1v) is 33.7. The number of hydrogen-bond acceptors (Lipinski definition) is 6. The van der Waals surface area contributed by atoms with Gasteiger partial charge in [0.05, 0.1) is 0 Å². The predicted molar refractivity (Wildman–Crippen MR) is 344 cm³/mol. The third kappa shape index (κ3) is 65.0. The molecular weight excluding hydrogens is 973 g/mol. The van der Waals surface area contributed by atoms with Gasteiger partial charge < -0.3 is 14.2 Å². The van der Waals surface area contributed by atoms with Crippen LogP contribution in [-0.2, 0) is 28.6 Å². The molecule has 0 saturated heterocycles. The molecule has 0 fully saturated rings. The topological polar surface area (TPSA) is 78.9 Å². The molecule has 0 saturated carbocycles. The molecule has 0 aromatic carbocycles. The highest BCUT2D eigenvalue weighted by Gasteiger charge is 2.19. The zero-order valence-corrected chi connectivity index (χ0v) is 52.1. The molecule has 0 radical (unpaired) electrons. The summed E-state index contributed by atoms with van der Waals surface area (Å²) in [6, 6.07) is 0. The number of allylic oxidation sites excluding steroid dienone is 16. The summed E-state index contributed by atoms with van der Waals surface area (Å²) in [5.41, 5.74) is 0. The normalized spacial score (nSPS) is 12.7. The summed E-state index contributed by atoms with van der Waals surface area (Å²) in [5.74, 6) is -0.893. The molecule has 0 aliphatic carbocycles. The molecule has 0 aliphatic rings. The van der Waals surface area contributed by atoms with Crippen LogP contribution in [0.2, 0.25) is 0 Å². The Morgan fingerprint density at radius 1 is 0.266 bits per heavy atom. The number of carbonyl (C=O) groups is 3. The molecule has 0 spiro atoms. The molecule has 1 atom stereocenters. The lowest BCUT2D eigenvalue weighted by atomic mass is 10.0. The molecule has 0 bridgehead atoms. The lowest BCUT2D eigenvalue weighted by Crippen LogP contribution is -2.30. The maximum absolute atomic E-state index is 12.9. The zero-order valence-electron chi connectivity index (χ0n) is 52.1. The molecule has 6 heteroatoms. The third-order valence-electron chi connectivity index (χ3n) is 14.5. The van der Waals surface area contributed by atoms with Crippen molar-refractivity contribution in [2.24, 2.45) is 0 Å². The van der Waals surface area contributed by atoms with E-state index in [4.69, 9.17) is 14.2 Å². The van der Waals surface area contributed by atoms with E-state index in [2.05, 4.69) is 118 Å². The number of rotatable bonds is 61. The van der Waals surface area contributed by atoms with Crippen LogP contribution in [0.15, 0.2) is 97.2 Å². The van der Waals surface area contributed by atoms with Gasteiger partial charge in [-0.15, -0.1) is 0 Å². The minimum atomic E-state index is -0.787. The van der Waals surface area contributed by atoms with Gasteiger partial charge in [0, 0.05) is 19.3 Å². The lowest BCUT2D eigenvalue weighted by molar-refractivity contribution is -0.167. The Balaban J connectivity index is 4.18. The van der Waals surface area contributed by atoms with Gasteiger partial charge in [-0.2, -0.15) is 0 Å². The maximum Gasteiger partial charge on any atom is 0.306 e. The summed E-state index contributed by atoms with van der Waals surface area (Å²) in [4.78, 5) is 38.3. The van der Waals surface area contributed by atoms with Gasteiger partial charge in [0.2, 0.25) is 0 Å². The summed E-state index contributed by atoms with van der Waals surface area (Å²) in [7, 11) is 0. The van der Waals surface area contributed by atoms with Crippen molar-refractivity contribution in [1.29, 1.82) is 0 Å². The standard InChI is InChI=1S/C73H126O6/c1-4-7-10-13-16-19-22-24-26-28-30-31-32-33-34-35-36-37-38-39-40-41-43-44-46-48-51-54-57-60-63-66-72(75)78-69-70(68-77-71(74)65-62-59-56-53-50-21-18-15-12-9-6-3)79-73(76)67-64-61-58-55-52-49-47-45-42-29-27-25-23-20-17-14-11-8-5-2/h7,10,15-20,24-27,30-31,42,45,70H,4-6,8-9,11-14,21-23,28-29,32-41,43-44,46-69H2,1-3H3/b10-7-,18-15-,19-16-,20-17-,26-24-,27-25-,31-30-,45-42-. The molecule has 79 heavy (non-hydrogen) atoms. The Kier molecular flexibility index (Phi) is 63.7. The van der Waals surface area contributed by atoms with E-state index in [0.717, 1.165) is 116 Å². The minimum absolute atomic E-state index is 0.0827. The number of esters is 3. The quantitative estimate of drug-likeness (QED) is 0.0261. The van der Waals surface area contributed by atoms with E-state index in [9.17, 15) is 14.4 Å². The Morgan fingerprint density at radius 2 is 0.506 bits per heavy atom. The molecule has 0 amide bonds. The maximum atomic E-state index is 12.9.